The Morgan fingerprint density at radius 1 is 1.69 bits per heavy atom. The van der Waals surface area contributed by atoms with Gasteiger partial charge in [0.2, 0.25) is 0 Å². The van der Waals surface area contributed by atoms with Gasteiger partial charge in [-0.05, 0) is 47.4 Å². The summed E-state index contributed by atoms with van der Waals surface area (Å²) in [6.07, 6.45) is 1.09. The number of halogens is 1. The third-order valence-electron chi connectivity index (χ3n) is 1.97. The lowest BCUT2D eigenvalue weighted by molar-refractivity contribution is 0.119. The van der Waals surface area contributed by atoms with Crippen molar-refractivity contribution in [1.29, 1.82) is 0 Å². The van der Waals surface area contributed by atoms with Crippen molar-refractivity contribution in [1.82, 2.24) is 0 Å². The summed E-state index contributed by atoms with van der Waals surface area (Å²) in [5.41, 5.74) is 6.79. The molecule has 1 rings (SSSR count). The maximum atomic E-state index is 5.53. The summed E-state index contributed by atoms with van der Waals surface area (Å²) in [4.78, 5) is 1.32. The van der Waals surface area contributed by atoms with Crippen LogP contribution in [0.2, 0.25) is 0 Å². The Labute approximate surface area is 91.2 Å². The maximum Gasteiger partial charge on any atom is 0.0804 e. The zero-order chi connectivity index (χ0) is 9.84. The normalized spacial score (nSPS) is 13.2. The van der Waals surface area contributed by atoms with Crippen LogP contribution in [0.25, 0.3) is 0 Å². The largest absolute Gasteiger partial charge is 0.377 e. The van der Waals surface area contributed by atoms with Crippen LogP contribution >= 0.6 is 27.3 Å². The van der Waals surface area contributed by atoms with E-state index in [0.29, 0.717) is 6.54 Å². The number of methoxy groups -OCH3 is 1. The van der Waals surface area contributed by atoms with Gasteiger partial charge in [-0.1, -0.05) is 0 Å². The number of nitrogens with two attached hydrogens (primary N) is 1. The molecule has 0 aromatic carbocycles. The first-order valence-electron chi connectivity index (χ1n) is 4.20. The second-order valence-electron chi connectivity index (χ2n) is 2.85. The Morgan fingerprint density at radius 2 is 2.38 bits per heavy atom. The molecule has 0 bridgehead atoms. The zero-order valence-corrected chi connectivity index (χ0v) is 10.2. The van der Waals surface area contributed by atoms with Gasteiger partial charge in [0.25, 0.3) is 0 Å². The predicted molar refractivity (Wildman–Crippen MR) is 60.2 cm³/mol. The highest BCUT2D eigenvalue weighted by atomic mass is 79.9. The van der Waals surface area contributed by atoms with E-state index >= 15 is 0 Å². The van der Waals surface area contributed by atoms with Crippen LogP contribution in [-0.2, 0) is 11.2 Å². The van der Waals surface area contributed by atoms with Crippen LogP contribution < -0.4 is 5.73 Å². The fourth-order valence-corrected chi connectivity index (χ4v) is 3.02. The third-order valence-corrected chi connectivity index (χ3v) is 3.69. The minimum Gasteiger partial charge on any atom is -0.377 e. The first kappa shape index (κ1) is 11.2. The molecule has 0 spiro atoms. The number of thiophene rings is 1. The fraction of sp³-hybridized carbons (Fsp3) is 0.556. The number of hydrogen-bond donors (Lipinski definition) is 1. The van der Waals surface area contributed by atoms with E-state index in [1.807, 2.05) is 0 Å². The Balaban J connectivity index is 2.89. The highest BCUT2D eigenvalue weighted by molar-refractivity contribution is 9.11. The fourth-order valence-electron chi connectivity index (χ4n) is 1.21. The van der Waals surface area contributed by atoms with Gasteiger partial charge in [-0.2, -0.15) is 0 Å². The van der Waals surface area contributed by atoms with Crippen LogP contribution in [-0.4, -0.2) is 13.7 Å². The zero-order valence-electron chi connectivity index (χ0n) is 7.84. The van der Waals surface area contributed by atoms with Gasteiger partial charge >= 0.3 is 0 Å². The van der Waals surface area contributed by atoms with Crippen molar-refractivity contribution in [3.63, 3.8) is 0 Å². The van der Waals surface area contributed by atoms with Gasteiger partial charge in [-0.3, -0.25) is 0 Å². The molecule has 2 nitrogen and oxygen atoms in total. The molecule has 4 heteroatoms. The standard InChI is InChI=1S/C9H14BrNOS/c1-6(12-2)7-5-9(10)13-8(7)3-4-11/h5-6H,3-4,11H2,1-2H3. The van der Waals surface area contributed by atoms with Gasteiger partial charge < -0.3 is 10.5 Å². The summed E-state index contributed by atoms with van der Waals surface area (Å²) in [6.45, 7) is 2.74. The molecule has 1 aromatic rings. The topological polar surface area (TPSA) is 35.2 Å². The highest BCUT2D eigenvalue weighted by Crippen LogP contribution is 2.32. The molecule has 0 aliphatic rings. The molecule has 1 unspecified atom stereocenters. The SMILES string of the molecule is COC(C)c1cc(Br)sc1CCN. The summed E-state index contributed by atoms with van der Waals surface area (Å²) in [7, 11) is 1.72. The molecule has 2 N–H and O–H groups in total. The van der Waals surface area contributed by atoms with E-state index in [9.17, 15) is 0 Å². The average Bonchev–Trinajstić information content (AvgIpc) is 2.46. The molecule has 13 heavy (non-hydrogen) atoms. The summed E-state index contributed by atoms with van der Waals surface area (Å²) < 4.78 is 6.43. The van der Waals surface area contributed by atoms with E-state index in [1.165, 1.54) is 10.4 Å². The molecule has 0 saturated heterocycles. The van der Waals surface area contributed by atoms with E-state index in [2.05, 4.69) is 28.9 Å². The monoisotopic (exact) mass is 263 g/mol. The maximum absolute atomic E-state index is 5.53. The Bertz CT molecular complexity index is 275. The van der Waals surface area contributed by atoms with Crippen molar-refractivity contribution >= 4 is 27.3 Å². The van der Waals surface area contributed by atoms with Crippen molar-refractivity contribution in [3.8, 4) is 0 Å². The Morgan fingerprint density at radius 3 is 2.92 bits per heavy atom. The van der Waals surface area contributed by atoms with Crippen molar-refractivity contribution in [2.45, 2.75) is 19.4 Å². The third kappa shape index (κ3) is 2.77. The molecule has 0 aliphatic heterocycles. The molecular formula is C9H14BrNOS. The van der Waals surface area contributed by atoms with E-state index < -0.39 is 0 Å². The average molecular weight is 264 g/mol. The molecule has 0 saturated carbocycles. The number of ether oxygens (including phenoxy) is 1. The molecule has 1 atom stereocenters. The summed E-state index contributed by atoms with van der Waals surface area (Å²) >= 11 is 5.21. The van der Waals surface area contributed by atoms with Crippen molar-refractivity contribution < 1.29 is 4.74 Å². The van der Waals surface area contributed by atoms with Crippen LogP contribution in [0, 0.1) is 0 Å². The van der Waals surface area contributed by atoms with Crippen LogP contribution in [0.5, 0.6) is 0 Å². The van der Waals surface area contributed by atoms with Gasteiger partial charge in [0.15, 0.2) is 0 Å². The van der Waals surface area contributed by atoms with E-state index in [1.54, 1.807) is 18.4 Å². The van der Waals surface area contributed by atoms with Crippen molar-refractivity contribution in [2.75, 3.05) is 13.7 Å². The van der Waals surface area contributed by atoms with Gasteiger partial charge in [-0.15, -0.1) is 11.3 Å². The lowest BCUT2D eigenvalue weighted by Gasteiger charge is -2.09. The van der Waals surface area contributed by atoms with Crippen LogP contribution in [0.15, 0.2) is 9.85 Å². The quantitative estimate of drug-likeness (QED) is 0.907. The molecule has 0 amide bonds. The van der Waals surface area contributed by atoms with Gasteiger partial charge in [0, 0.05) is 12.0 Å². The second kappa shape index (κ2) is 5.10. The summed E-state index contributed by atoms with van der Waals surface area (Å²) in [5, 5.41) is 0. The predicted octanol–water partition coefficient (Wildman–Crippen LogP) is 2.72. The molecule has 1 aromatic heterocycles. The van der Waals surface area contributed by atoms with Gasteiger partial charge in [0.05, 0.1) is 9.89 Å². The molecule has 1 heterocycles. The molecule has 0 radical (unpaired) electrons. The highest BCUT2D eigenvalue weighted by Gasteiger charge is 2.12. The molecule has 0 fully saturated rings. The first-order chi connectivity index (χ1) is 6.19. The van der Waals surface area contributed by atoms with E-state index in [-0.39, 0.29) is 6.10 Å². The van der Waals surface area contributed by atoms with Crippen LogP contribution in [0.4, 0.5) is 0 Å². The lowest BCUT2D eigenvalue weighted by Crippen LogP contribution is -2.05. The Kier molecular flexibility index (Phi) is 4.38. The number of hydrogen-bond acceptors (Lipinski definition) is 3. The first-order valence-corrected chi connectivity index (χ1v) is 5.81. The van der Waals surface area contributed by atoms with E-state index in [0.717, 1.165) is 10.2 Å². The van der Waals surface area contributed by atoms with Gasteiger partial charge in [0.1, 0.15) is 0 Å². The van der Waals surface area contributed by atoms with Crippen molar-refractivity contribution in [3.05, 3.63) is 20.3 Å². The van der Waals surface area contributed by atoms with Gasteiger partial charge in [-0.25, -0.2) is 0 Å². The van der Waals surface area contributed by atoms with Crippen LogP contribution in [0.3, 0.4) is 0 Å². The Hall–Kier alpha value is 0.1000. The van der Waals surface area contributed by atoms with Crippen molar-refractivity contribution in [2.24, 2.45) is 5.73 Å². The summed E-state index contributed by atoms with van der Waals surface area (Å²) in [6, 6.07) is 2.11. The smallest absolute Gasteiger partial charge is 0.0804 e. The molecular weight excluding hydrogens is 250 g/mol. The minimum atomic E-state index is 0.157. The van der Waals surface area contributed by atoms with E-state index in [4.69, 9.17) is 10.5 Å². The molecule has 74 valence electrons. The number of rotatable bonds is 4. The minimum absolute atomic E-state index is 0.157. The lowest BCUT2D eigenvalue weighted by atomic mass is 10.1. The molecule has 0 aliphatic carbocycles. The summed E-state index contributed by atoms with van der Waals surface area (Å²) in [5.74, 6) is 0. The second-order valence-corrected chi connectivity index (χ2v) is 5.36. The van der Waals surface area contributed by atoms with Crippen LogP contribution in [0.1, 0.15) is 23.5 Å².